The number of carbonyl (C=O) groups is 3. The summed E-state index contributed by atoms with van der Waals surface area (Å²) < 4.78 is 0. The van der Waals surface area contributed by atoms with E-state index in [4.69, 9.17) is 5.73 Å². The Labute approximate surface area is 205 Å². The van der Waals surface area contributed by atoms with Crippen LogP contribution in [0, 0.1) is 0 Å². The number of nitrogens with two attached hydrogens (primary N) is 1. The van der Waals surface area contributed by atoms with Crippen LogP contribution in [0.4, 0.5) is 0 Å². The summed E-state index contributed by atoms with van der Waals surface area (Å²) in [7, 11) is 0. The first-order chi connectivity index (χ1) is 16.5. The van der Waals surface area contributed by atoms with Gasteiger partial charge in [-0.15, -0.1) is 0 Å². The molecule has 0 radical (unpaired) electrons. The number of unbranched alkanes of at least 4 members (excludes halogenated alkanes) is 9. The van der Waals surface area contributed by atoms with Crippen LogP contribution in [0.2, 0.25) is 0 Å². The van der Waals surface area contributed by atoms with Crippen molar-refractivity contribution in [3.8, 4) is 0 Å². The van der Waals surface area contributed by atoms with Crippen LogP contribution in [-0.2, 0) is 14.4 Å². The highest BCUT2D eigenvalue weighted by Gasteiger charge is 2.25. The fraction of sp³-hybridized carbons (Fsp3) is 0.667. The van der Waals surface area contributed by atoms with E-state index in [2.05, 4.69) is 17.6 Å². The average Bonchev–Trinajstić information content (AvgIpc) is 2.82. The predicted molar refractivity (Wildman–Crippen MR) is 136 cm³/mol. The molecule has 0 aromatic heterocycles. The summed E-state index contributed by atoms with van der Waals surface area (Å²) in [5.41, 5.74) is 6.31. The zero-order valence-electron chi connectivity index (χ0n) is 20.9. The second-order valence-corrected chi connectivity index (χ2v) is 9.05. The Balaban J connectivity index is 2.54. The molecule has 5 N–H and O–H groups in total. The zero-order chi connectivity index (χ0) is 25.0. The largest absolute Gasteiger partial charge is 0.481 e. The van der Waals surface area contributed by atoms with Crippen molar-refractivity contribution in [1.82, 2.24) is 10.6 Å². The van der Waals surface area contributed by atoms with Crippen LogP contribution in [0.1, 0.15) is 108 Å². The van der Waals surface area contributed by atoms with Crippen molar-refractivity contribution in [2.75, 3.05) is 6.54 Å². The third-order valence-corrected chi connectivity index (χ3v) is 6.00. The minimum Gasteiger partial charge on any atom is -0.481 e. The molecule has 0 aliphatic heterocycles. The fourth-order valence-electron chi connectivity index (χ4n) is 4.01. The molecule has 34 heavy (non-hydrogen) atoms. The molecule has 7 nitrogen and oxygen atoms in total. The van der Waals surface area contributed by atoms with E-state index >= 15 is 0 Å². The Hall–Kier alpha value is -2.41. The normalized spacial score (nSPS) is 12.6. The van der Waals surface area contributed by atoms with Crippen LogP contribution in [0.5, 0.6) is 0 Å². The molecule has 1 aromatic rings. The number of benzene rings is 1. The van der Waals surface area contributed by atoms with E-state index in [1.807, 2.05) is 18.2 Å². The van der Waals surface area contributed by atoms with E-state index < -0.39 is 18.1 Å². The first-order valence-corrected chi connectivity index (χ1v) is 13.0. The summed E-state index contributed by atoms with van der Waals surface area (Å²) in [6.07, 6.45) is 12.7. The molecule has 0 heterocycles. The summed E-state index contributed by atoms with van der Waals surface area (Å²) in [6, 6.07) is 7.68. The molecular formula is C27H45N3O4. The molecule has 0 aliphatic rings. The molecule has 0 fully saturated rings. The van der Waals surface area contributed by atoms with Gasteiger partial charge in [0, 0.05) is 6.42 Å². The molecule has 0 spiro atoms. The molecule has 1 rings (SSSR count). The quantitative estimate of drug-likeness (QED) is 0.201. The molecule has 2 amide bonds. The summed E-state index contributed by atoms with van der Waals surface area (Å²) in [4.78, 5) is 36.9. The lowest BCUT2D eigenvalue weighted by Gasteiger charge is -2.23. The van der Waals surface area contributed by atoms with Gasteiger partial charge >= 0.3 is 5.97 Å². The summed E-state index contributed by atoms with van der Waals surface area (Å²) in [5.74, 6) is -1.49. The van der Waals surface area contributed by atoms with Gasteiger partial charge in [0.05, 0.1) is 12.5 Å². The smallest absolute Gasteiger partial charge is 0.305 e. The van der Waals surface area contributed by atoms with Gasteiger partial charge < -0.3 is 21.5 Å². The Bertz CT molecular complexity index is 696. The first kappa shape index (κ1) is 29.6. The van der Waals surface area contributed by atoms with Crippen molar-refractivity contribution in [3.63, 3.8) is 0 Å². The average molecular weight is 476 g/mol. The van der Waals surface area contributed by atoms with Crippen LogP contribution in [-0.4, -0.2) is 35.5 Å². The van der Waals surface area contributed by atoms with Gasteiger partial charge in [-0.3, -0.25) is 14.4 Å². The van der Waals surface area contributed by atoms with E-state index in [9.17, 15) is 19.5 Å². The van der Waals surface area contributed by atoms with E-state index in [1.54, 1.807) is 12.1 Å². The topological polar surface area (TPSA) is 122 Å². The van der Waals surface area contributed by atoms with E-state index in [1.165, 1.54) is 38.5 Å². The highest BCUT2D eigenvalue weighted by Crippen LogP contribution is 2.17. The van der Waals surface area contributed by atoms with Crippen molar-refractivity contribution in [2.24, 2.45) is 5.73 Å². The lowest BCUT2D eigenvalue weighted by molar-refractivity contribution is -0.138. The Morgan fingerprint density at radius 2 is 1.47 bits per heavy atom. The van der Waals surface area contributed by atoms with Crippen molar-refractivity contribution in [1.29, 1.82) is 0 Å². The van der Waals surface area contributed by atoms with E-state index in [0.717, 1.165) is 31.2 Å². The van der Waals surface area contributed by atoms with E-state index in [-0.39, 0.29) is 18.2 Å². The number of hydrogen-bond donors (Lipinski definition) is 4. The highest BCUT2D eigenvalue weighted by molar-refractivity contribution is 5.88. The van der Waals surface area contributed by atoms with Crippen LogP contribution < -0.4 is 16.4 Å². The van der Waals surface area contributed by atoms with Gasteiger partial charge in [-0.2, -0.15) is 0 Å². The minimum absolute atomic E-state index is 0.134. The van der Waals surface area contributed by atoms with Gasteiger partial charge in [-0.05, 0) is 37.8 Å². The molecule has 1 aromatic carbocycles. The number of carbonyl (C=O) groups excluding carboxylic acids is 2. The second-order valence-electron chi connectivity index (χ2n) is 9.05. The number of carboxylic acid groups (broad SMARTS) is 1. The van der Waals surface area contributed by atoms with Crippen LogP contribution in [0.3, 0.4) is 0 Å². The van der Waals surface area contributed by atoms with Gasteiger partial charge in [0.1, 0.15) is 6.04 Å². The summed E-state index contributed by atoms with van der Waals surface area (Å²) in [6.45, 7) is 2.74. The minimum atomic E-state index is -0.997. The molecular weight excluding hydrogens is 430 g/mol. The number of rotatable bonds is 20. The molecule has 7 heteroatoms. The SMILES string of the molecule is CCCCCCCCCCCC(=O)NC(CCCCN)C(=O)NC(CC(=O)O)c1ccccc1. The van der Waals surface area contributed by atoms with Crippen LogP contribution in [0.25, 0.3) is 0 Å². The molecule has 192 valence electrons. The molecule has 0 bridgehead atoms. The van der Waals surface area contributed by atoms with Gasteiger partial charge in [0.25, 0.3) is 0 Å². The van der Waals surface area contributed by atoms with Crippen LogP contribution >= 0.6 is 0 Å². The molecule has 0 saturated heterocycles. The van der Waals surface area contributed by atoms with Crippen molar-refractivity contribution in [3.05, 3.63) is 35.9 Å². The zero-order valence-corrected chi connectivity index (χ0v) is 20.9. The molecule has 2 unspecified atom stereocenters. The lowest BCUT2D eigenvalue weighted by Crippen LogP contribution is -2.48. The number of hydrogen-bond acceptors (Lipinski definition) is 4. The molecule has 2 atom stereocenters. The maximum absolute atomic E-state index is 13.0. The lowest BCUT2D eigenvalue weighted by atomic mass is 10.0. The summed E-state index contributed by atoms with van der Waals surface area (Å²) in [5, 5.41) is 15.0. The van der Waals surface area contributed by atoms with Crippen molar-refractivity contribution >= 4 is 17.8 Å². The maximum atomic E-state index is 13.0. The van der Waals surface area contributed by atoms with Gasteiger partial charge in [0.2, 0.25) is 11.8 Å². The third kappa shape index (κ3) is 14.0. The number of carboxylic acids is 1. The van der Waals surface area contributed by atoms with E-state index in [0.29, 0.717) is 25.8 Å². The monoisotopic (exact) mass is 475 g/mol. The van der Waals surface area contributed by atoms with Gasteiger partial charge in [-0.1, -0.05) is 88.6 Å². The first-order valence-electron chi connectivity index (χ1n) is 13.0. The Kier molecular flexibility index (Phi) is 16.5. The second kappa shape index (κ2) is 19.0. The molecule has 0 saturated carbocycles. The number of aliphatic carboxylic acids is 1. The Morgan fingerprint density at radius 3 is 2.06 bits per heavy atom. The summed E-state index contributed by atoms with van der Waals surface area (Å²) >= 11 is 0. The standard InChI is InChI=1S/C27H45N3O4/c1-2-3-4-5-6-7-8-9-13-19-25(31)29-23(18-14-15-20-28)27(34)30-24(21-26(32)33)22-16-11-10-12-17-22/h10-12,16-17,23-24H,2-9,13-15,18-21,28H2,1H3,(H,29,31)(H,30,34)(H,32,33). The van der Waals surface area contributed by atoms with Crippen LogP contribution in [0.15, 0.2) is 30.3 Å². The number of amides is 2. The van der Waals surface area contributed by atoms with Gasteiger partial charge in [0.15, 0.2) is 0 Å². The highest BCUT2D eigenvalue weighted by atomic mass is 16.4. The van der Waals surface area contributed by atoms with Gasteiger partial charge in [-0.25, -0.2) is 0 Å². The predicted octanol–water partition coefficient (Wildman–Crippen LogP) is 4.85. The number of nitrogens with one attached hydrogen (secondary N) is 2. The molecule has 0 aliphatic carbocycles. The fourth-order valence-corrected chi connectivity index (χ4v) is 4.01. The van der Waals surface area contributed by atoms with Crippen molar-refractivity contribution in [2.45, 2.75) is 109 Å². The van der Waals surface area contributed by atoms with Crippen molar-refractivity contribution < 1.29 is 19.5 Å². The Morgan fingerprint density at radius 1 is 0.853 bits per heavy atom. The maximum Gasteiger partial charge on any atom is 0.305 e. The third-order valence-electron chi connectivity index (χ3n) is 6.00.